The number of carbonyl (C=O) groups excluding carboxylic acids is 1. The van der Waals surface area contributed by atoms with Crippen molar-refractivity contribution >= 4 is 44.4 Å². The predicted molar refractivity (Wildman–Crippen MR) is 101 cm³/mol. The molecule has 1 aliphatic heterocycles. The number of ether oxygens (including phenoxy) is 2. The third-order valence-corrected chi connectivity index (χ3v) is 5.52. The lowest BCUT2D eigenvalue weighted by atomic mass is 10.3. The van der Waals surface area contributed by atoms with Gasteiger partial charge < -0.3 is 14.4 Å². The molecule has 1 N–H and O–H groups in total. The fourth-order valence-corrected chi connectivity index (χ4v) is 3.91. The molecule has 0 spiro atoms. The number of carbonyl (C=O) groups is 1. The van der Waals surface area contributed by atoms with E-state index >= 15 is 0 Å². The van der Waals surface area contributed by atoms with Crippen molar-refractivity contribution in [1.29, 1.82) is 0 Å². The number of likely N-dealkylation sites (N-methyl/N-ethyl adjacent to an activating group) is 1. The average Bonchev–Trinajstić information content (AvgIpc) is 3.04. The molecule has 0 saturated carbocycles. The second-order valence-corrected chi connectivity index (χ2v) is 7.83. The lowest BCUT2D eigenvalue weighted by Gasteiger charge is -2.23. The minimum Gasteiger partial charge on any atom is -0.494 e. The smallest absolute Gasteiger partial charge is 0.298 e. The van der Waals surface area contributed by atoms with Gasteiger partial charge >= 0.3 is 0 Å². The van der Waals surface area contributed by atoms with E-state index in [9.17, 15) is 4.79 Å². The van der Waals surface area contributed by atoms with Crippen LogP contribution in [0.3, 0.4) is 0 Å². The van der Waals surface area contributed by atoms with Crippen LogP contribution >= 0.6 is 23.1 Å². The molecule has 0 aliphatic carbocycles. The molecule has 0 saturated heterocycles. The molecular weight excluding hydrogens is 358 g/mol. The molecule has 0 atom stereocenters. The number of rotatable bonds is 6. The molecule has 0 bridgehead atoms. The molecule has 1 aromatic heterocycles. The normalized spacial score (nSPS) is 14.2. The Morgan fingerprint density at radius 2 is 2.24 bits per heavy atom. The maximum Gasteiger partial charge on any atom is 0.298 e. The van der Waals surface area contributed by atoms with Crippen LogP contribution in [0.25, 0.3) is 10.2 Å². The van der Waals surface area contributed by atoms with E-state index in [1.807, 2.05) is 18.4 Å². The number of benzene rings is 1. The van der Waals surface area contributed by atoms with E-state index in [0.717, 1.165) is 16.8 Å². The Morgan fingerprint density at radius 3 is 2.92 bits per heavy atom. The monoisotopic (exact) mass is 380 g/mol. The Bertz CT molecular complexity index is 789. The van der Waals surface area contributed by atoms with Crippen molar-refractivity contribution in [2.75, 3.05) is 51.6 Å². The Labute approximate surface area is 155 Å². The van der Waals surface area contributed by atoms with Gasteiger partial charge in [0, 0.05) is 4.90 Å². The van der Waals surface area contributed by atoms with Crippen molar-refractivity contribution in [1.82, 2.24) is 4.98 Å². The Hall–Kier alpha value is -1.77. The molecule has 6 nitrogen and oxygen atoms in total. The summed E-state index contributed by atoms with van der Waals surface area (Å²) in [7, 11) is 4.12. The minimum atomic E-state index is -0.204. The van der Waals surface area contributed by atoms with Gasteiger partial charge in [0.05, 0.1) is 37.4 Å². The maximum absolute atomic E-state index is 12.9. The summed E-state index contributed by atoms with van der Waals surface area (Å²) in [6, 6.07) is 6.16. The van der Waals surface area contributed by atoms with Crippen LogP contribution in [0.5, 0.6) is 0 Å². The quantitative estimate of drug-likeness (QED) is 0.768. The maximum atomic E-state index is 12.9. The minimum absolute atomic E-state index is 0.204. The van der Waals surface area contributed by atoms with Gasteiger partial charge in [0.1, 0.15) is 19.5 Å². The van der Waals surface area contributed by atoms with E-state index in [2.05, 4.69) is 25.1 Å². The molecule has 0 radical (unpaired) electrons. The molecule has 1 aromatic carbocycles. The van der Waals surface area contributed by atoms with E-state index in [0.29, 0.717) is 24.9 Å². The van der Waals surface area contributed by atoms with Gasteiger partial charge in [-0.3, -0.25) is 9.69 Å². The molecule has 8 heteroatoms. The third-order valence-electron chi connectivity index (χ3n) is 3.76. The van der Waals surface area contributed by atoms with Crippen LogP contribution in [-0.4, -0.2) is 57.5 Å². The number of nitrogens with zero attached hydrogens (tertiary/aromatic N) is 2. The first-order chi connectivity index (χ1) is 12.1. The molecule has 2 aromatic rings. The topological polar surface area (TPSA) is 56.1 Å². The number of thiazole rings is 1. The number of nitrogens with one attached hydrogen (secondary N) is 1. The summed E-state index contributed by atoms with van der Waals surface area (Å²) in [5.41, 5.74) is 0.905. The average molecular weight is 381 g/mol. The third kappa shape index (κ3) is 4.26. The zero-order valence-electron chi connectivity index (χ0n) is 14.6. The standard InChI is InChI=1S/C17H21N3O3S2/c1-19(2)6-7-20(16(21)14-11-22-8-9-23-14)17-18-13-5-4-12(24-3)10-15(13)25-17/h4-5,10-11H,6-9H2,1-3H3/p+1. The largest absolute Gasteiger partial charge is 0.494 e. The summed E-state index contributed by atoms with van der Waals surface area (Å²) in [5, 5.41) is 0.689. The van der Waals surface area contributed by atoms with Crippen LogP contribution in [0.4, 0.5) is 5.13 Å². The van der Waals surface area contributed by atoms with Gasteiger partial charge in [0.2, 0.25) is 5.76 Å². The van der Waals surface area contributed by atoms with E-state index in [4.69, 9.17) is 9.47 Å². The highest BCUT2D eigenvalue weighted by Gasteiger charge is 2.26. The number of hydrogen-bond donors (Lipinski definition) is 1. The predicted octanol–water partition coefficient (Wildman–Crippen LogP) is 1.38. The van der Waals surface area contributed by atoms with E-state index in [1.165, 1.54) is 27.4 Å². The van der Waals surface area contributed by atoms with Gasteiger partial charge in [-0.1, -0.05) is 11.3 Å². The zero-order chi connectivity index (χ0) is 17.8. The van der Waals surface area contributed by atoms with Gasteiger partial charge in [-0.2, -0.15) is 0 Å². The number of hydrogen-bond acceptors (Lipinski definition) is 6. The summed E-state index contributed by atoms with van der Waals surface area (Å²) in [4.78, 5) is 21.7. The fourth-order valence-electron chi connectivity index (χ4n) is 2.37. The van der Waals surface area contributed by atoms with Gasteiger partial charge in [0.25, 0.3) is 5.91 Å². The van der Waals surface area contributed by atoms with Gasteiger partial charge in [-0.15, -0.1) is 11.8 Å². The first kappa shape index (κ1) is 18.0. The first-order valence-corrected chi connectivity index (χ1v) is 10.1. The van der Waals surface area contributed by atoms with E-state index < -0.39 is 0 Å². The number of thioether (sulfide) groups is 1. The van der Waals surface area contributed by atoms with E-state index in [1.54, 1.807) is 16.7 Å². The Kier molecular flexibility index (Phi) is 5.82. The number of anilines is 1. The van der Waals surface area contributed by atoms with Crippen LogP contribution < -0.4 is 9.80 Å². The lowest BCUT2D eigenvalue weighted by Crippen LogP contribution is -3.06. The molecular formula is C17H22N3O3S2+. The Morgan fingerprint density at radius 1 is 1.40 bits per heavy atom. The molecule has 25 heavy (non-hydrogen) atoms. The molecule has 0 unspecified atom stereocenters. The molecule has 1 aliphatic rings. The number of quaternary nitrogens is 1. The summed E-state index contributed by atoms with van der Waals surface area (Å²) in [5.74, 6) is 0.0363. The van der Waals surface area contributed by atoms with Crippen molar-refractivity contribution in [3.05, 3.63) is 30.2 Å². The zero-order valence-corrected chi connectivity index (χ0v) is 16.2. The molecule has 3 rings (SSSR count). The number of fused-ring (bicyclic) bond motifs is 1. The highest BCUT2D eigenvalue weighted by atomic mass is 32.2. The van der Waals surface area contributed by atoms with Crippen molar-refractivity contribution < 1.29 is 19.2 Å². The van der Waals surface area contributed by atoms with Crippen LogP contribution in [-0.2, 0) is 14.3 Å². The van der Waals surface area contributed by atoms with Crippen molar-refractivity contribution in [2.45, 2.75) is 4.90 Å². The lowest BCUT2D eigenvalue weighted by molar-refractivity contribution is -0.856. The summed E-state index contributed by atoms with van der Waals surface area (Å²) >= 11 is 3.22. The fraction of sp³-hybridized carbons (Fsp3) is 0.412. The summed E-state index contributed by atoms with van der Waals surface area (Å²) < 4.78 is 11.8. The molecule has 1 amide bonds. The van der Waals surface area contributed by atoms with Crippen LogP contribution in [0, 0.1) is 0 Å². The van der Waals surface area contributed by atoms with Crippen LogP contribution in [0.2, 0.25) is 0 Å². The van der Waals surface area contributed by atoms with Crippen molar-refractivity contribution in [3.8, 4) is 0 Å². The SMILES string of the molecule is CSc1ccc2nc(N(CC[NH+](C)C)C(=O)C3=COCCO3)sc2c1. The molecule has 0 fully saturated rings. The van der Waals surface area contributed by atoms with Gasteiger partial charge in [0.15, 0.2) is 5.13 Å². The Balaban J connectivity index is 1.92. The molecule has 2 heterocycles. The summed E-state index contributed by atoms with van der Waals surface area (Å²) in [6.07, 6.45) is 3.45. The van der Waals surface area contributed by atoms with Gasteiger partial charge in [-0.25, -0.2) is 4.98 Å². The van der Waals surface area contributed by atoms with Gasteiger partial charge in [-0.05, 0) is 24.5 Å². The van der Waals surface area contributed by atoms with Crippen molar-refractivity contribution in [3.63, 3.8) is 0 Å². The van der Waals surface area contributed by atoms with Crippen LogP contribution in [0.1, 0.15) is 0 Å². The van der Waals surface area contributed by atoms with Crippen LogP contribution in [0.15, 0.2) is 35.1 Å². The first-order valence-electron chi connectivity index (χ1n) is 8.08. The number of aromatic nitrogens is 1. The highest BCUT2D eigenvalue weighted by Crippen LogP contribution is 2.32. The number of amides is 1. The molecule has 134 valence electrons. The second-order valence-electron chi connectivity index (χ2n) is 5.95. The highest BCUT2D eigenvalue weighted by molar-refractivity contribution is 7.98. The summed E-state index contributed by atoms with van der Waals surface area (Å²) in [6.45, 7) is 2.24. The van der Waals surface area contributed by atoms with Crippen molar-refractivity contribution in [2.24, 2.45) is 0 Å². The second kappa shape index (κ2) is 8.07. The van der Waals surface area contributed by atoms with E-state index in [-0.39, 0.29) is 11.7 Å².